The fourth-order valence-corrected chi connectivity index (χ4v) is 2.64. The smallest absolute Gasteiger partial charge is 0.256 e. The highest BCUT2D eigenvalue weighted by Gasteiger charge is 2.24. The summed E-state index contributed by atoms with van der Waals surface area (Å²) in [5.74, 6) is -0.452. The summed E-state index contributed by atoms with van der Waals surface area (Å²) in [6.07, 6.45) is 0.761. The molecular formula is C11H15ClN2O3S. The minimum Gasteiger partial charge on any atom is -0.342 e. The zero-order valence-electron chi connectivity index (χ0n) is 10.2. The van der Waals surface area contributed by atoms with Gasteiger partial charge < -0.3 is 4.90 Å². The predicted octanol–water partition coefficient (Wildman–Crippen LogP) is 1.47. The third-order valence-corrected chi connectivity index (χ3v) is 3.67. The maximum absolute atomic E-state index is 12.1. The summed E-state index contributed by atoms with van der Waals surface area (Å²) < 4.78 is 22.9. The van der Waals surface area contributed by atoms with E-state index in [0.717, 1.165) is 6.42 Å². The molecule has 0 saturated heterocycles. The molecule has 0 saturated carbocycles. The highest BCUT2D eigenvalue weighted by Crippen LogP contribution is 2.24. The van der Waals surface area contributed by atoms with Crippen molar-refractivity contribution in [1.82, 2.24) is 4.90 Å². The van der Waals surface area contributed by atoms with Gasteiger partial charge in [-0.15, -0.1) is 0 Å². The second-order valence-corrected chi connectivity index (χ2v) is 5.82. The average molecular weight is 291 g/mol. The monoisotopic (exact) mass is 290 g/mol. The number of hydrogen-bond acceptors (Lipinski definition) is 3. The Morgan fingerprint density at radius 3 is 2.56 bits per heavy atom. The van der Waals surface area contributed by atoms with Gasteiger partial charge in [-0.1, -0.05) is 24.6 Å². The molecule has 7 heteroatoms. The molecule has 1 aromatic rings. The number of nitrogens with two attached hydrogens (primary N) is 1. The van der Waals surface area contributed by atoms with Crippen molar-refractivity contribution in [3.05, 3.63) is 28.8 Å². The van der Waals surface area contributed by atoms with Crippen LogP contribution in [0, 0.1) is 0 Å². The summed E-state index contributed by atoms with van der Waals surface area (Å²) in [5.41, 5.74) is -0.0717. The number of hydrogen-bond donors (Lipinski definition) is 1. The topological polar surface area (TPSA) is 80.5 Å². The Bertz CT molecular complexity index is 557. The van der Waals surface area contributed by atoms with Gasteiger partial charge in [-0.05, 0) is 18.6 Å². The van der Waals surface area contributed by atoms with Crippen LogP contribution in [-0.4, -0.2) is 32.8 Å². The average Bonchev–Trinajstić information content (AvgIpc) is 2.27. The lowest BCUT2D eigenvalue weighted by Gasteiger charge is -2.18. The Kier molecular flexibility index (Phi) is 4.72. The van der Waals surface area contributed by atoms with Crippen molar-refractivity contribution in [2.45, 2.75) is 18.2 Å². The molecule has 0 radical (unpaired) electrons. The molecule has 0 unspecified atom stereocenters. The van der Waals surface area contributed by atoms with Crippen LogP contribution in [0.1, 0.15) is 23.7 Å². The second kappa shape index (κ2) is 5.69. The van der Waals surface area contributed by atoms with Crippen LogP contribution in [0.25, 0.3) is 0 Å². The van der Waals surface area contributed by atoms with E-state index in [-0.39, 0.29) is 15.5 Å². The molecule has 100 valence electrons. The third kappa shape index (κ3) is 3.22. The maximum atomic E-state index is 12.1. The number of halogens is 1. The van der Waals surface area contributed by atoms with E-state index < -0.39 is 15.9 Å². The number of carbonyl (C=O) groups excluding carboxylic acids is 1. The summed E-state index contributed by atoms with van der Waals surface area (Å²) in [5, 5.41) is 5.16. The molecule has 2 N–H and O–H groups in total. The molecule has 1 rings (SSSR count). The molecule has 0 aromatic heterocycles. The minimum atomic E-state index is -3.98. The molecule has 0 aliphatic heterocycles. The molecule has 1 aromatic carbocycles. The predicted molar refractivity (Wildman–Crippen MR) is 70.1 cm³/mol. The third-order valence-electron chi connectivity index (χ3n) is 2.40. The summed E-state index contributed by atoms with van der Waals surface area (Å²) in [6.45, 7) is 2.42. The zero-order chi connectivity index (χ0) is 13.9. The number of benzene rings is 1. The first-order valence-corrected chi connectivity index (χ1v) is 7.28. The molecule has 0 atom stereocenters. The normalized spacial score (nSPS) is 11.3. The summed E-state index contributed by atoms with van der Waals surface area (Å²) >= 11 is 5.91. The van der Waals surface area contributed by atoms with Crippen LogP contribution < -0.4 is 5.14 Å². The lowest BCUT2D eigenvalue weighted by Crippen LogP contribution is -2.30. The van der Waals surface area contributed by atoms with E-state index in [4.69, 9.17) is 16.7 Å². The number of primary sulfonamides is 1. The van der Waals surface area contributed by atoms with Gasteiger partial charge in [0.25, 0.3) is 5.91 Å². The molecule has 1 amide bonds. The first-order chi connectivity index (χ1) is 8.29. The fraction of sp³-hybridized carbons (Fsp3) is 0.364. The van der Waals surface area contributed by atoms with Crippen LogP contribution in [-0.2, 0) is 10.0 Å². The summed E-state index contributed by atoms with van der Waals surface area (Å²) in [4.78, 5) is 13.3. The Hall–Kier alpha value is -1.11. The number of sulfonamides is 1. The van der Waals surface area contributed by atoms with Gasteiger partial charge in [-0.3, -0.25) is 4.79 Å². The van der Waals surface area contributed by atoms with E-state index in [1.807, 2.05) is 6.92 Å². The highest BCUT2D eigenvalue weighted by atomic mass is 35.5. The van der Waals surface area contributed by atoms with Crippen molar-refractivity contribution < 1.29 is 13.2 Å². The van der Waals surface area contributed by atoms with Crippen molar-refractivity contribution in [2.24, 2.45) is 5.14 Å². The van der Waals surface area contributed by atoms with Gasteiger partial charge in [-0.25, -0.2) is 13.6 Å². The van der Waals surface area contributed by atoms with Gasteiger partial charge in [0.1, 0.15) is 0 Å². The lowest BCUT2D eigenvalue weighted by atomic mass is 10.2. The van der Waals surface area contributed by atoms with Crippen LogP contribution in [0.15, 0.2) is 23.1 Å². The molecule has 0 aliphatic rings. The van der Waals surface area contributed by atoms with E-state index in [9.17, 15) is 13.2 Å². The molecule has 0 spiro atoms. The van der Waals surface area contributed by atoms with Crippen molar-refractivity contribution in [2.75, 3.05) is 13.6 Å². The van der Waals surface area contributed by atoms with Gasteiger partial charge in [0.05, 0.1) is 15.5 Å². The molecule has 5 nitrogen and oxygen atoms in total. The quantitative estimate of drug-likeness (QED) is 0.912. The van der Waals surface area contributed by atoms with Crippen molar-refractivity contribution in [1.29, 1.82) is 0 Å². The first kappa shape index (κ1) is 14.9. The van der Waals surface area contributed by atoms with E-state index in [1.54, 1.807) is 7.05 Å². The van der Waals surface area contributed by atoms with Gasteiger partial charge >= 0.3 is 0 Å². The van der Waals surface area contributed by atoms with Gasteiger partial charge in [0.15, 0.2) is 0 Å². The Morgan fingerprint density at radius 1 is 1.44 bits per heavy atom. The van der Waals surface area contributed by atoms with E-state index in [1.165, 1.54) is 23.1 Å². The number of nitrogens with zero attached hydrogens (tertiary/aromatic N) is 1. The van der Waals surface area contributed by atoms with Gasteiger partial charge in [0.2, 0.25) is 10.0 Å². The van der Waals surface area contributed by atoms with Crippen LogP contribution in [0.5, 0.6) is 0 Å². The van der Waals surface area contributed by atoms with E-state index in [2.05, 4.69) is 0 Å². The molecule has 0 fully saturated rings. The van der Waals surface area contributed by atoms with Gasteiger partial charge in [-0.2, -0.15) is 0 Å². The lowest BCUT2D eigenvalue weighted by molar-refractivity contribution is 0.0791. The van der Waals surface area contributed by atoms with Crippen LogP contribution in [0.3, 0.4) is 0 Å². The maximum Gasteiger partial charge on any atom is 0.256 e. The summed E-state index contributed by atoms with van der Waals surface area (Å²) in [7, 11) is -2.40. The number of amides is 1. The Labute approximate surface area is 112 Å². The molecular weight excluding hydrogens is 276 g/mol. The van der Waals surface area contributed by atoms with Gasteiger partial charge in [0, 0.05) is 13.6 Å². The number of carbonyl (C=O) groups is 1. The second-order valence-electron chi connectivity index (χ2n) is 3.88. The summed E-state index contributed by atoms with van der Waals surface area (Å²) in [6, 6.07) is 4.18. The van der Waals surface area contributed by atoms with E-state index in [0.29, 0.717) is 6.54 Å². The molecule has 18 heavy (non-hydrogen) atoms. The zero-order valence-corrected chi connectivity index (χ0v) is 11.8. The minimum absolute atomic E-state index is 0.0717. The van der Waals surface area contributed by atoms with Crippen molar-refractivity contribution in [3.8, 4) is 0 Å². The highest BCUT2D eigenvalue weighted by molar-refractivity contribution is 7.89. The van der Waals surface area contributed by atoms with Crippen LogP contribution in [0.4, 0.5) is 0 Å². The van der Waals surface area contributed by atoms with E-state index >= 15 is 0 Å². The molecule has 0 heterocycles. The van der Waals surface area contributed by atoms with Crippen LogP contribution in [0.2, 0.25) is 5.02 Å². The molecule has 0 aliphatic carbocycles. The van der Waals surface area contributed by atoms with Crippen molar-refractivity contribution >= 4 is 27.5 Å². The number of rotatable bonds is 4. The molecule has 0 bridgehead atoms. The van der Waals surface area contributed by atoms with Crippen molar-refractivity contribution in [3.63, 3.8) is 0 Å². The largest absolute Gasteiger partial charge is 0.342 e. The Morgan fingerprint density at radius 2 is 2.06 bits per heavy atom. The fourth-order valence-electron chi connectivity index (χ4n) is 1.58. The van der Waals surface area contributed by atoms with Crippen LogP contribution >= 0.6 is 11.6 Å². The standard InChI is InChI=1S/C11H15ClN2O3S/c1-3-7-14(2)11(15)10-8(12)5-4-6-9(10)18(13,16)17/h4-6H,3,7H2,1-2H3,(H2,13,16,17). The Balaban J connectivity index is 3.36. The SMILES string of the molecule is CCCN(C)C(=O)c1c(Cl)cccc1S(N)(=O)=O. The first-order valence-electron chi connectivity index (χ1n) is 5.35.